The third-order valence-electron chi connectivity index (χ3n) is 3.05. The fourth-order valence-corrected chi connectivity index (χ4v) is 1.89. The van der Waals surface area contributed by atoms with E-state index in [4.69, 9.17) is 9.47 Å². The van der Waals surface area contributed by atoms with Crippen molar-refractivity contribution in [3.8, 4) is 5.75 Å². The van der Waals surface area contributed by atoms with Crippen molar-refractivity contribution in [2.45, 2.75) is 33.3 Å². The summed E-state index contributed by atoms with van der Waals surface area (Å²) >= 11 is 0. The number of aromatic nitrogens is 1. The number of hydrogen-bond acceptors (Lipinski definition) is 5. The minimum atomic E-state index is -0.617. The number of hydrogen-bond donors (Lipinski definition) is 0. The molecule has 120 valence electrons. The van der Waals surface area contributed by atoms with Crippen LogP contribution < -0.4 is 4.74 Å². The zero-order valence-electron chi connectivity index (χ0n) is 13.4. The van der Waals surface area contributed by atoms with Crippen LogP contribution in [0.3, 0.4) is 0 Å². The number of pyridine rings is 1. The lowest BCUT2D eigenvalue weighted by atomic mass is 10.2. The first-order chi connectivity index (χ1) is 11.0. The molecule has 1 aromatic carbocycles. The molecule has 0 saturated carbocycles. The SMILES string of the molecule is CCc1ccc(OC(=O)c2cccc(C(=O)OC(C)C)n2)cc1. The van der Waals surface area contributed by atoms with Gasteiger partial charge in [-0.3, -0.25) is 0 Å². The summed E-state index contributed by atoms with van der Waals surface area (Å²) in [4.78, 5) is 28.0. The van der Waals surface area contributed by atoms with Crippen molar-refractivity contribution in [1.82, 2.24) is 4.98 Å². The minimum absolute atomic E-state index is 0.0581. The summed E-state index contributed by atoms with van der Waals surface area (Å²) in [5, 5.41) is 0. The lowest BCUT2D eigenvalue weighted by Gasteiger charge is -2.08. The Morgan fingerprint density at radius 2 is 1.61 bits per heavy atom. The Kier molecular flexibility index (Phi) is 5.46. The van der Waals surface area contributed by atoms with Crippen LogP contribution >= 0.6 is 0 Å². The van der Waals surface area contributed by atoms with Gasteiger partial charge in [0.05, 0.1) is 6.10 Å². The Balaban J connectivity index is 2.11. The van der Waals surface area contributed by atoms with Crippen LogP contribution in [0.15, 0.2) is 42.5 Å². The van der Waals surface area contributed by atoms with E-state index in [0.717, 1.165) is 12.0 Å². The maximum Gasteiger partial charge on any atom is 0.362 e. The van der Waals surface area contributed by atoms with Crippen LogP contribution in [0.4, 0.5) is 0 Å². The van der Waals surface area contributed by atoms with E-state index in [1.54, 1.807) is 32.0 Å². The van der Waals surface area contributed by atoms with E-state index in [0.29, 0.717) is 5.75 Å². The molecule has 0 aliphatic rings. The number of ether oxygens (including phenoxy) is 2. The first-order valence-electron chi connectivity index (χ1n) is 7.48. The van der Waals surface area contributed by atoms with Gasteiger partial charge >= 0.3 is 11.9 Å². The zero-order chi connectivity index (χ0) is 16.8. The highest BCUT2D eigenvalue weighted by Crippen LogP contribution is 2.14. The van der Waals surface area contributed by atoms with Gasteiger partial charge in [0.1, 0.15) is 17.1 Å². The van der Waals surface area contributed by atoms with Crippen LogP contribution in [0.5, 0.6) is 5.75 Å². The molecule has 0 radical (unpaired) electrons. The third kappa shape index (κ3) is 4.64. The van der Waals surface area contributed by atoms with Gasteiger partial charge in [-0.1, -0.05) is 25.1 Å². The van der Waals surface area contributed by atoms with E-state index in [1.807, 2.05) is 19.1 Å². The molecule has 2 rings (SSSR count). The van der Waals surface area contributed by atoms with Crippen molar-refractivity contribution in [1.29, 1.82) is 0 Å². The topological polar surface area (TPSA) is 65.5 Å². The summed E-state index contributed by atoms with van der Waals surface area (Å²) in [5.41, 5.74) is 1.29. The van der Waals surface area contributed by atoms with Gasteiger partial charge < -0.3 is 9.47 Å². The van der Waals surface area contributed by atoms with Crippen LogP contribution in [-0.4, -0.2) is 23.0 Å². The fourth-order valence-electron chi connectivity index (χ4n) is 1.89. The van der Waals surface area contributed by atoms with Crippen molar-refractivity contribution in [2.24, 2.45) is 0 Å². The normalized spacial score (nSPS) is 10.4. The predicted molar refractivity (Wildman–Crippen MR) is 85.6 cm³/mol. The predicted octanol–water partition coefficient (Wildman–Crippen LogP) is 3.43. The zero-order valence-corrected chi connectivity index (χ0v) is 13.4. The molecule has 23 heavy (non-hydrogen) atoms. The summed E-state index contributed by atoms with van der Waals surface area (Å²) in [6.07, 6.45) is 0.660. The Hall–Kier alpha value is -2.69. The average Bonchev–Trinajstić information content (AvgIpc) is 2.55. The van der Waals surface area contributed by atoms with Gasteiger partial charge in [0.25, 0.3) is 0 Å². The van der Waals surface area contributed by atoms with Crippen molar-refractivity contribution in [2.75, 3.05) is 0 Å². The van der Waals surface area contributed by atoms with Gasteiger partial charge in [0.15, 0.2) is 0 Å². The maximum absolute atomic E-state index is 12.1. The number of nitrogens with zero attached hydrogens (tertiary/aromatic N) is 1. The number of esters is 2. The van der Waals surface area contributed by atoms with E-state index in [1.165, 1.54) is 12.1 Å². The highest BCUT2D eigenvalue weighted by molar-refractivity contribution is 5.92. The molecule has 0 amide bonds. The molecule has 1 aromatic heterocycles. The molecule has 0 aliphatic heterocycles. The van der Waals surface area contributed by atoms with Crippen LogP contribution in [0.1, 0.15) is 47.3 Å². The Labute approximate surface area is 135 Å². The Morgan fingerprint density at radius 3 is 2.17 bits per heavy atom. The molecule has 1 heterocycles. The average molecular weight is 313 g/mol. The molecular weight excluding hydrogens is 294 g/mol. The number of rotatable bonds is 5. The number of benzene rings is 1. The van der Waals surface area contributed by atoms with Gasteiger partial charge in [0.2, 0.25) is 0 Å². The van der Waals surface area contributed by atoms with Crippen molar-refractivity contribution in [3.63, 3.8) is 0 Å². The second-order valence-corrected chi connectivity index (χ2v) is 5.25. The van der Waals surface area contributed by atoms with E-state index in [2.05, 4.69) is 4.98 Å². The van der Waals surface area contributed by atoms with Gasteiger partial charge in [-0.25, -0.2) is 14.6 Å². The second-order valence-electron chi connectivity index (χ2n) is 5.25. The molecule has 0 saturated heterocycles. The largest absolute Gasteiger partial charge is 0.458 e. The van der Waals surface area contributed by atoms with Gasteiger partial charge in [-0.15, -0.1) is 0 Å². The quantitative estimate of drug-likeness (QED) is 0.625. The molecule has 0 spiro atoms. The van der Waals surface area contributed by atoms with Gasteiger partial charge in [-0.2, -0.15) is 0 Å². The molecular formula is C18H19NO4. The molecule has 2 aromatic rings. The maximum atomic E-state index is 12.1. The highest BCUT2D eigenvalue weighted by Gasteiger charge is 2.15. The van der Waals surface area contributed by atoms with Crippen molar-refractivity contribution < 1.29 is 19.1 Å². The second kappa shape index (κ2) is 7.54. The molecule has 0 aliphatic carbocycles. The molecule has 0 N–H and O–H groups in total. The molecule has 0 unspecified atom stereocenters. The first-order valence-corrected chi connectivity index (χ1v) is 7.48. The van der Waals surface area contributed by atoms with Gasteiger partial charge in [-0.05, 0) is 50.1 Å². The smallest absolute Gasteiger partial charge is 0.362 e. The molecule has 5 nitrogen and oxygen atoms in total. The van der Waals surface area contributed by atoms with E-state index >= 15 is 0 Å². The molecule has 0 atom stereocenters. The summed E-state index contributed by atoms with van der Waals surface area (Å²) < 4.78 is 10.3. The van der Waals surface area contributed by atoms with Crippen LogP contribution in [0, 0.1) is 0 Å². The fraction of sp³-hybridized carbons (Fsp3) is 0.278. The lowest BCUT2D eigenvalue weighted by molar-refractivity contribution is 0.0370. The molecule has 0 fully saturated rings. The Bertz CT molecular complexity index is 692. The van der Waals surface area contributed by atoms with Crippen LogP contribution in [0.2, 0.25) is 0 Å². The van der Waals surface area contributed by atoms with Crippen LogP contribution in [-0.2, 0) is 11.2 Å². The minimum Gasteiger partial charge on any atom is -0.458 e. The van der Waals surface area contributed by atoms with E-state index in [9.17, 15) is 9.59 Å². The van der Waals surface area contributed by atoms with Crippen molar-refractivity contribution in [3.05, 3.63) is 59.4 Å². The van der Waals surface area contributed by atoms with E-state index < -0.39 is 11.9 Å². The lowest BCUT2D eigenvalue weighted by Crippen LogP contribution is -2.16. The third-order valence-corrected chi connectivity index (χ3v) is 3.05. The number of aryl methyl sites for hydroxylation is 1. The van der Waals surface area contributed by atoms with Gasteiger partial charge in [0, 0.05) is 0 Å². The standard InChI is InChI=1S/C18H19NO4/c1-4-13-8-10-14(11-9-13)23-18(21)16-7-5-6-15(19-16)17(20)22-12(2)3/h5-12H,4H2,1-3H3. The van der Waals surface area contributed by atoms with Crippen LogP contribution in [0.25, 0.3) is 0 Å². The van der Waals surface area contributed by atoms with E-state index in [-0.39, 0.29) is 17.5 Å². The number of carbonyl (C=O) groups excluding carboxylic acids is 2. The summed E-state index contributed by atoms with van der Waals surface area (Å²) in [6.45, 7) is 5.54. The highest BCUT2D eigenvalue weighted by atomic mass is 16.5. The first kappa shape index (κ1) is 16.7. The molecule has 5 heteroatoms. The summed E-state index contributed by atoms with van der Waals surface area (Å²) in [6, 6.07) is 11.8. The summed E-state index contributed by atoms with van der Waals surface area (Å²) in [5.74, 6) is -0.750. The Morgan fingerprint density at radius 1 is 1.00 bits per heavy atom. The van der Waals surface area contributed by atoms with Crippen molar-refractivity contribution >= 4 is 11.9 Å². The molecule has 0 bridgehead atoms. The monoisotopic (exact) mass is 313 g/mol. The summed E-state index contributed by atoms with van der Waals surface area (Å²) in [7, 11) is 0. The number of carbonyl (C=O) groups is 2.